The molecule has 0 bridgehead atoms. The molecule has 0 aromatic heterocycles. The molecule has 2 rings (SSSR count). The molecular weight excluding hydrogens is 231 g/mol. The van der Waals surface area contributed by atoms with Gasteiger partial charge in [-0.3, -0.25) is 4.31 Å². The van der Waals surface area contributed by atoms with Crippen molar-refractivity contribution >= 4 is 15.7 Å². The summed E-state index contributed by atoms with van der Waals surface area (Å²) in [5.74, 6) is -0.643. The average Bonchev–Trinajstić information content (AvgIpc) is 2.57. The Morgan fingerprint density at radius 1 is 1.44 bits per heavy atom. The molecule has 1 fully saturated rings. The lowest BCUT2D eigenvalue weighted by Gasteiger charge is -2.18. The zero-order chi connectivity index (χ0) is 11.8. The summed E-state index contributed by atoms with van der Waals surface area (Å²) in [6.45, 7) is 0.306. The molecule has 0 N–H and O–H groups in total. The zero-order valence-electron chi connectivity index (χ0n) is 8.35. The van der Waals surface area contributed by atoms with Crippen molar-refractivity contribution in [3.63, 3.8) is 0 Å². The maximum atomic E-state index is 13.3. The third kappa shape index (κ3) is 1.63. The molecule has 0 unspecified atom stereocenters. The molecule has 1 aromatic carbocycles. The molecule has 1 aliphatic heterocycles. The highest BCUT2D eigenvalue weighted by Gasteiger charge is 2.30. The lowest BCUT2D eigenvalue weighted by atomic mass is 10.2. The fraction of sp³-hybridized carbons (Fsp3) is 0.300. The molecule has 1 aliphatic rings. The van der Waals surface area contributed by atoms with Crippen molar-refractivity contribution in [3.05, 3.63) is 29.6 Å². The molecule has 4 nitrogen and oxygen atoms in total. The highest BCUT2D eigenvalue weighted by Crippen LogP contribution is 2.28. The summed E-state index contributed by atoms with van der Waals surface area (Å²) in [5.41, 5.74) is -0.0759. The van der Waals surface area contributed by atoms with Crippen LogP contribution in [0, 0.1) is 17.1 Å². The molecule has 1 saturated heterocycles. The van der Waals surface area contributed by atoms with E-state index in [-0.39, 0.29) is 17.0 Å². The fourth-order valence-corrected chi connectivity index (χ4v) is 3.31. The van der Waals surface area contributed by atoms with Crippen LogP contribution < -0.4 is 4.31 Å². The van der Waals surface area contributed by atoms with Gasteiger partial charge >= 0.3 is 0 Å². The molecule has 6 heteroatoms. The van der Waals surface area contributed by atoms with E-state index < -0.39 is 15.8 Å². The molecule has 16 heavy (non-hydrogen) atoms. The third-order valence-corrected chi connectivity index (χ3v) is 4.33. The molecule has 0 radical (unpaired) electrons. The van der Waals surface area contributed by atoms with Crippen LogP contribution in [-0.2, 0) is 10.0 Å². The van der Waals surface area contributed by atoms with Crippen LogP contribution in [0.1, 0.15) is 12.0 Å². The number of halogens is 1. The van der Waals surface area contributed by atoms with E-state index in [0.717, 1.165) is 10.4 Å². The Labute approximate surface area is 93.0 Å². The van der Waals surface area contributed by atoms with E-state index in [4.69, 9.17) is 5.26 Å². The summed E-state index contributed by atoms with van der Waals surface area (Å²) in [4.78, 5) is 0. The topological polar surface area (TPSA) is 61.2 Å². The number of nitrogens with zero attached hydrogens (tertiary/aromatic N) is 2. The van der Waals surface area contributed by atoms with E-state index in [0.29, 0.717) is 13.0 Å². The minimum atomic E-state index is -3.37. The predicted molar refractivity (Wildman–Crippen MR) is 56.9 cm³/mol. The van der Waals surface area contributed by atoms with Crippen molar-refractivity contribution in [1.29, 1.82) is 5.26 Å². The van der Waals surface area contributed by atoms with Crippen molar-refractivity contribution in [2.45, 2.75) is 6.42 Å². The zero-order valence-corrected chi connectivity index (χ0v) is 9.17. The van der Waals surface area contributed by atoms with Crippen LogP contribution in [0.4, 0.5) is 10.1 Å². The van der Waals surface area contributed by atoms with E-state index in [1.165, 1.54) is 12.1 Å². The Hall–Kier alpha value is -1.61. The number of anilines is 1. The smallest absolute Gasteiger partial charge is 0.235 e. The van der Waals surface area contributed by atoms with Gasteiger partial charge in [-0.05, 0) is 18.6 Å². The van der Waals surface area contributed by atoms with Gasteiger partial charge in [0.05, 0.1) is 11.4 Å². The molecule has 0 saturated carbocycles. The number of hydrogen-bond donors (Lipinski definition) is 0. The van der Waals surface area contributed by atoms with Crippen molar-refractivity contribution in [1.82, 2.24) is 0 Å². The highest BCUT2D eigenvalue weighted by atomic mass is 32.2. The lowest BCUT2D eigenvalue weighted by molar-refractivity contribution is 0.599. The first kappa shape index (κ1) is 10.9. The van der Waals surface area contributed by atoms with Crippen LogP contribution in [0.15, 0.2) is 18.2 Å². The Balaban J connectivity index is 2.58. The molecule has 1 aromatic rings. The average molecular weight is 240 g/mol. The molecule has 1 heterocycles. The summed E-state index contributed by atoms with van der Waals surface area (Å²) >= 11 is 0. The molecule has 0 spiro atoms. The molecular formula is C10H9FN2O2S. The number of hydrogen-bond acceptors (Lipinski definition) is 3. The second-order valence-corrected chi connectivity index (χ2v) is 5.50. The van der Waals surface area contributed by atoms with Gasteiger partial charge < -0.3 is 0 Å². The summed E-state index contributed by atoms with van der Waals surface area (Å²) in [6, 6.07) is 5.69. The van der Waals surface area contributed by atoms with Crippen LogP contribution in [0.3, 0.4) is 0 Å². The number of nitriles is 1. The van der Waals surface area contributed by atoms with Crippen molar-refractivity contribution in [3.8, 4) is 6.07 Å². The van der Waals surface area contributed by atoms with Gasteiger partial charge in [0.15, 0.2) is 0 Å². The van der Waals surface area contributed by atoms with E-state index in [2.05, 4.69) is 0 Å². The number of sulfonamides is 1. The van der Waals surface area contributed by atoms with Gasteiger partial charge in [0, 0.05) is 6.54 Å². The van der Waals surface area contributed by atoms with E-state index in [1.54, 1.807) is 6.07 Å². The Kier molecular flexibility index (Phi) is 2.56. The van der Waals surface area contributed by atoms with Crippen molar-refractivity contribution < 1.29 is 12.8 Å². The second-order valence-electron chi connectivity index (χ2n) is 3.49. The Morgan fingerprint density at radius 2 is 2.19 bits per heavy atom. The molecule has 0 atom stereocenters. The SMILES string of the molecule is N#Cc1c(F)cccc1N1CCCS1(=O)=O. The highest BCUT2D eigenvalue weighted by molar-refractivity contribution is 7.93. The van der Waals surface area contributed by atoms with Crippen LogP contribution >= 0.6 is 0 Å². The lowest BCUT2D eigenvalue weighted by Crippen LogP contribution is -2.26. The van der Waals surface area contributed by atoms with Gasteiger partial charge in [0.25, 0.3) is 0 Å². The third-order valence-electron chi connectivity index (χ3n) is 2.47. The van der Waals surface area contributed by atoms with E-state index in [9.17, 15) is 12.8 Å². The maximum Gasteiger partial charge on any atom is 0.235 e. The number of rotatable bonds is 1. The van der Waals surface area contributed by atoms with Crippen LogP contribution in [-0.4, -0.2) is 20.7 Å². The quantitative estimate of drug-likeness (QED) is 0.742. The first-order valence-electron chi connectivity index (χ1n) is 4.75. The van der Waals surface area contributed by atoms with E-state index >= 15 is 0 Å². The van der Waals surface area contributed by atoms with Gasteiger partial charge in [-0.25, -0.2) is 12.8 Å². The molecule has 0 aliphatic carbocycles. The Bertz CT molecular complexity index is 563. The fourth-order valence-electron chi connectivity index (χ4n) is 1.74. The van der Waals surface area contributed by atoms with Gasteiger partial charge in [0.2, 0.25) is 10.0 Å². The maximum absolute atomic E-state index is 13.3. The van der Waals surface area contributed by atoms with Crippen LogP contribution in [0.25, 0.3) is 0 Å². The minimum absolute atomic E-state index is 0.0500. The predicted octanol–water partition coefficient (Wildman–Crippen LogP) is 1.24. The summed E-state index contributed by atoms with van der Waals surface area (Å²) < 4.78 is 37.7. The monoisotopic (exact) mass is 240 g/mol. The van der Waals surface area contributed by atoms with Gasteiger partial charge in [-0.15, -0.1) is 0 Å². The van der Waals surface area contributed by atoms with E-state index in [1.807, 2.05) is 0 Å². The van der Waals surface area contributed by atoms with Gasteiger partial charge in [-0.1, -0.05) is 6.07 Å². The number of benzene rings is 1. The van der Waals surface area contributed by atoms with Crippen LogP contribution in [0.2, 0.25) is 0 Å². The largest absolute Gasteiger partial charge is 0.269 e. The van der Waals surface area contributed by atoms with Crippen LogP contribution in [0.5, 0.6) is 0 Å². The Morgan fingerprint density at radius 3 is 2.75 bits per heavy atom. The first-order chi connectivity index (χ1) is 7.56. The first-order valence-corrected chi connectivity index (χ1v) is 6.36. The van der Waals surface area contributed by atoms with Crippen molar-refractivity contribution in [2.24, 2.45) is 0 Å². The minimum Gasteiger partial charge on any atom is -0.269 e. The molecule has 84 valence electrons. The summed E-state index contributed by atoms with van der Waals surface area (Å²) in [5, 5.41) is 8.82. The summed E-state index contributed by atoms with van der Waals surface area (Å²) in [6.07, 6.45) is 0.504. The normalized spacial score (nSPS) is 18.4. The van der Waals surface area contributed by atoms with Crippen molar-refractivity contribution in [2.75, 3.05) is 16.6 Å². The van der Waals surface area contributed by atoms with Gasteiger partial charge in [-0.2, -0.15) is 5.26 Å². The second kappa shape index (κ2) is 3.76. The van der Waals surface area contributed by atoms with Gasteiger partial charge in [0.1, 0.15) is 17.4 Å². The molecule has 0 amide bonds. The standard InChI is InChI=1S/C10H9FN2O2S/c11-9-3-1-4-10(8(9)7-12)13-5-2-6-16(13,14)15/h1,3-4H,2,5-6H2. The summed E-state index contributed by atoms with van der Waals surface area (Å²) in [7, 11) is -3.37.